The minimum Gasteiger partial charge on any atom is -0.473 e. The molecule has 1 aromatic heterocycles. The van der Waals surface area contributed by atoms with Crippen molar-refractivity contribution >= 4 is 5.69 Å². The number of hydrogen-bond donors (Lipinski definition) is 1. The second kappa shape index (κ2) is 4.74. The maximum Gasteiger partial charge on any atom is 0.236 e. The van der Waals surface area contributed by atoms with Gasteiger partial charge in [-0.1, -0.05) is 0 Å². The Balaban J connectivity index is 2.12. The van der Waals surface area contributed by atoms with E-state index in [0.29, 0.717) is 11.6 Å². The first-order valence-electron chi connectivity index (χ1n) is 5.79. The Bertz CT molecular complexity index is 356. The van der Waals surface area contributed by atoms with E-state index in [2.05, 4.69) is 5.10 Å². The topological polar surface area (TPSA) is 62.3 Å². The van der Waals surface area contributed by atoms with Crippen molar-refractivity contribution in [1.29, 1.82) is 0 Å². The van der Waals surface area contributed by atoms with Crippen molar-refractivity contribution in [1.82, 2.24) is 9.78 Å². The number of aryl methyl sites for hydroxylation is 2. The number of nitrogens with two attached hydrogens (primary N) is 1. The molecule has 0 spiro atoms. The van der Waals surface area contributed by atoms with Crippen LogP contribution in [0.2, 0.25) is 0 Å². The molecule has 0 unspecified atom stereocenters. The Kier molecular flexibility index (Phi) is 3.33. The highest BCUT2D eigenvalue weighted by atomic mass is 16.5. The van der Waals surface area contributed by atoms with Crippen LogP contribution < -0.4 is 10.5 Å². The fourth-order valence-electron chi connectivity index (χ4n) is 1.86. The summed E-state index contributed by atoms with van der Waals surface area (Å²) in [7, 11) is 0. The number of aromatic nitrogens is 2. The van der Waals surface area contributed by atoms with Crippen molar-refractivity contribution in [2.45, 2.75) is 39.3 Å². The molecule has 0 atom stereocenters. The van der Waals surface area contributed by atoms with Gasteiger partial charge in [0.1, 0.15) is 11.8 Å². The summed E-state index contributed by atoms with van der Waals surface area (Å²) in [6, 6.07) is 0. The molecule has 1 aliphatic rings. The van der Waals surface area contributed by atoms with Gasteiger partial charge in [0.05, 0.1) is 18.9 Å². The number of rotatable bonds is 3. The molecule has 2 heterocycles. The highest BCUT2D eigenvalue weighted by Crippen LogP contribution is 2.27. The largest absolute Gasteiger partial charge is 0.473 e. The van der Waals surface area contributed by atoms with E-state index in [1.54, 1.807) is 0 Å². The molecule has 90 valence electrons. The van der Waals surface area contributed by atoms with Crippen molar-refractivity contribution in [3.8, 4) is 5.88 Å². The second-order valence-electron chi connectivity index (χ2n) is 4.05. The van der Waals surface area contributed by atoms with Crippen LogP contribution in [0.25, 0.3) is 0 Å². The molecule has 16 heavy (non-hydrogen) atoms. The van der Waals surface area contributed by atoms with Crippen LogP contribution in [0.15, 0.2) is 0 Å². The predicted octanol–water partition coefficient (Wildman–Crippen LogP) is 1.35. The van der Waals surface area contributed by atoms with Crippen LogP contribution in [0.1, 0.15) is 25.5 Å². The molecule has 5 heteroatoms. The van der Waals surface area contributed by atoms with Crippen molar-refractivity contribution in [3.63, 3.8) is 0 Å². The molecule has 0 radical (unpaired) electrons. The van der Waals surface area contributed by atoms with E-state index >= 15 is 0 Å². The summed E-state index contributed by atoms with van der Waals surface area (Å²) >= 11 is 0. The number of hydrogen-bond acceptors (Lipinski definition) is 4. The summed E-state index contributed by atoms with van der Waals surface area (Å²) in [6.45, 7) is 6.24. The minimum absolute atomic E-state index is 0.206. The molecule has 0 aliphatic carbocycles. The van der Waals surface area contributed by atoms with Gasteiger partial charge in [-0.25, -0.2) is 4.68 Å². The zero-order chi connectivity index (χ0) is 11.5. The highest BCUT2D eigenvalue weighted by Gasteiger charge is 2.20. The van der Waals surface area contributed by atoms with E-state index in [4.69, 9.17) is 15.2 Å². The molecular weight excluding hydrogens is 206 g/mol. The maximum atomic E-state index is 5.96. The molecular formula is C11H19N3O2. The van der Waals surface area contributed by atoms with Crippen molar-refractivity contribution in [2.75, 3.05) is 18.9 Å². The lowest BCUT2D eigenvalue weighted by Gasteiger charge is -2.23. The lowest BCUT2D eigenvalue weighted by atomic mass is 10.1. The van der Waals surface area contributed by atoms with Gasteiger partial charge in [0.25, 0.3) is 0 Å². The Hall–Kier alpha value is -1.23. The van der Waals surface area contributed by atoms with Gasteiger partial charge in [0, 0.05) is 19.4 Å². The van der Waals surface area contributed by atoms with Crippen LogP contribution in [0.3, 0.4) is 0 Å². The van der Waals surface area contributed by atoms with E-state index in [1.807, 2.05) is 18.5 Å². The van der Waals surface area contributed by atoms with Crippen LogP contribution >= 0.6 is 0 Å². The molecule has 0 bridgehead atoms. The molecule has 0 saturated carbocycles. The third-order valence-electron chi connectivity index (χ3n) is 2.87. The molecule has 0 aromatic carbocycles. The molecule has 1 fully saturated rings. The average molecular weight is 225 g/mol. The monoisotopic (exact) mass is 225 g/mol. The standard InChI is InChI=1S/C11H19N3O2/c1-3-14-11(10(12)8(2)13-14)16-9-4-6-15-7-5-9/h9H,3-7,12H2,1-2H3. The smallest absolute Gasteiger partial charge is 0.236 e. The molecule has 1 saturated heterocycles. The minimum atomic E-state index is 0.206. The Morgan fingerprint density at radius 1 is 1.50 bits per heavy atom. The Morgan fingerprint density at radius 3 is 2.81 bits per heavy atom. The Labute approximate surface area is 95.5 Å². The number of ether oxygens (including phenoxy) is 2. The van der Waals surface area contributed by atoms with E-state index in [9.17, 15) is 0 Å². The molecule has 1 aromatic rings. The first kappa shape index (κ1) is 11.3. The first-order chi connectivity index (χ1) is 7.72. The lowest BCUT2D eigenvalue weighted by molar-refractivity contribution is 0.0220. The molecule has 5 nitrogen and oxygen atoms in total. The lowest BCUT2D eigenvalue weighted by Crippen LogP contribution is -2.27. The Morgan fingerprint density at radius 2 is 2.19 bits per heavy atom. The van der Waals surface area contributed by atoms with Crippen molar-refractivity contribution < 1.29 is 9.47 Å². The van der Waals surface area contributed by atoms with Gasteiger partial charge in [0.2, 0.25) is 5.88 Å². The summed E-state index contributed by atoms with van der Waals surface area (Å²) in [5.41, 5.74) is 7.45. The van der Waals surface area contributed by atoms with Crippen LogP contribution in [0.5, 0.6) is 5.88 Å². The van der Waals surface area contributed by atoms with Crippen LogP contribution in [-0.2, 0) is 11.3 Å². The molecule has 0 amide bonds. The van der Waals surface area contributed by atoms with Crippen molar-refractivity contribution in [2.24, 2.45) is 0 Å². The highest BCUT2D eigenvalue weighted by molar-refractivity contribution is 5.52. The van der Waals surface area contributed by atoms with Crippen LogP contribution in [0, 0.1) is 6.92 Å². The van der Waals surface area contributed by atoms with E-state index < -0.39 is 0 Å². The van der Waals surface area contributed by atoms with Gasteiger partial charge in [0.15, 0.2) is 0 Å². The second-order valence-corrected chi connectivity index (χ2v) is 4.05. The van der Waals surface area contributed by atoms with Gasteiger partial charge in [-0.15, -0.1) is 0 Å². The summed E-state index contributed by atoms with van der Waals surface area (Å²) in [5, 5.41) is 4.33. The van der Waals surface area contributed by atoms with Gasteiger partial charge >= 0.3 is 0 Å². The number of nitrogens with zero attached hydrogens (tertiary/aromatic N) is 2. The van der Waals surface area contributed by atoms with E-state index in [1.165, 1.54) is 0 Å². The van der Waals surface area contributed by atoms with E-state index in [0.717, 1.165) is 38.3 Å². The van der Waals surface area contributed by atoms with Gasteiger partial charge < -0.3 is 15.2 Å². The van der Waals surface area contributed by atoms with Gasteiger partial charge in [-0.2, -0.15) is 5.10 Å². The van der Waals surface area contributed by atoms with Crippen molar-refractivity contribution in [3.05, 3.63) is 5.69 Å². The van der Waals surface area contributed by atoms with E-state index in [-0.39, 0.29) is 6.10 Å². The average Bonchev–Trinajstić information content (AvgIpc) is 2.58. The van der Waals surface area contributed by atoms with Gasteiger partial charge in [-0.3, -0.25) is 0 Å². The number of nitrogen functional groups attached to an aromatic ring is 1. The predicted molar refractivity (Wildman–Crippen MR) is 61.5 cm³/mol. The molecule has 2 rings (SSSR count). The third kappa shape index (κ3) is 2.14. The molecule has 1 aliphatic heterocycles. The zero-order valence-electron chi connectivity index (χ0n) is 9.90. The summed E-state index contributed by atoms with van der Waals surface area (Å²) in [4.78, 5) is 0. The fraction of sp³-hybridized carbons (Fsp3) is 0.727. The molecule has 2 N–H and O–H groups in total. The normalized spacial score (nSPS) is 17.6. The zero-order valence-corrected chi connectivity index (χ0v) is 9.90. The third-order valence-corrected chi connectivity index (χ3v) is 2.87. The fourth-order valence-corrected chi connectivity index (χ4v) is 1.86. The maximum absolute atomic E-state index is 5.96. The van der Waals surface area contributed by atoms with Crippen LogP contribution in [-0.4, -0.2) is 29.1 Å². The SMILES string of the molecule is CCn1nc(C)c(N)c1OC1CCOCC1. The quantitative estimate of drug-likeness (QED) is 0.843. The summed E-state index contributed by atoms with van der Waals surface area (Å²) < 4.78 is 13.0. The van der Waals surface area contributed by atoms with Gasteiger partial charge in [-0.05, 0) is 13.8 Å². The van der Waals surface area contributed by atoms with Crippen LogP contribution in [0.4, 0.5) is 5.69 Å². The first-order valence-corrected chi connectivity index (χ1v) is 5.79. The number of anilines is 1. The summed E-state index contributed by atoms with van der Waals surface area (Å²) in [6.07, 6.45) is 2.05. The summed E-state index contributed by atoms with van der Waals surface area (Å²) in [5.74, 6) is 0.715.